The van der Waals surface area contributed by atoms with Crippen molar-refractivity contribution in [1.82, 2.24) is 19.5 Å². The maximum absolute atomic E-state index is 12.5. The average molecular weight is 1010 g/mol. The maximum Gasteiger partial charge on any atom is 0.148 e. The molecule has 0 fully saturated rings. The number of nitrogens with zero attached hydrogens (tertiary/aromatic N) is 4. The van der Waals surface area contributed by atoms with Crippen LogP contribution in [-0.4, -0.2) is 24.6 Å². The second-order valence-electron chi connectivity index (χ2n) is 21.4. The van der Waals surface area contributed by atoms with Crippen LogP contribution in [0.25, 0.3) is 72.5 Å². The van der Waals surface area contributed by atoms with Gasteiger partial charge in [0.05, 0.1) is 27.8 Å². The predicted molar refractivity (Wildman–Crippen MR) is 261 cm³/mol. The number of aromatic hydroxyl groups is 1. The second-order valence-corrected chi connectivity index (χ2v) is 21.4. The van der Waals surface area contributed by atoms with Gasteiger partial charge in [-0.25, -0.2) is 9.97 Å². The Balaban J connectivity index is 0.00000595. The van der Waals surface area contributed by atoms with Gasteiger partial charge in [-0.05, 0) is 87.4 Å². The molecule has 0 bridgehead atoms. The molecule has 0 unspecified atom stereocenters. The molecule has 0 saturated heterocycles. The number of aromatic nitrogens is 4. The number of hydrogen-bond acceptors (Lipinski definition) is 4. The number of fused-ring (bicyclic) bond motifs is 2. The first-order valence-corrected chi connectivity index (χ1v) is 21.9. The van der Waals surface area contributed by atoms with Crippen molar-refractivity contribution in [2.24, 2.45) is 0 Å². The summed E-state index contributed by atoms with van der Waals surface area (Å²) < 4.78 is 2.28. The van der Waals surface area contributed by atoms with E-state index in [-0.39, 0.29) is 48.5 Å². The molecule has 1 N–H and O–H groups in total. The molecule has 0 radical (unpaired) electrons. The predicted octanol–water partition coefficient (Wildman–Crippen LogP) is 14.9. The minimum Gasteiger partial charge on any atom is -0.507 e. The first-order valence-electron chi connectivity index (χ1n) is 21.9. The van der Waals surface area contributed by atoms with E-state index < -0.39 is 0 Å². The van der Waals surface area contributed by atoms with E-state index in [1.165, 1.54) is 16.7 Å². The molecule has 0 amide bonds. The minimum absolute atomic E-state index is 0. The first-order chi connectivity index (χ1) is 29.0. The summed E-state index contributed by atoms with van der Waals surface area (Å²) in [6.07, 6.45) is 1.67. The number of para-hydroxylation sites is 1. The maximum atomic E-state index is 12.5. The first kappa shape index (κ1) is 45.6. The Morgan fingerprint density at radius 3 is 1.84 bits per heavy atom. The zero-order chi connectivity index (χ0) is 44.7. The summed E-state index contributed by atoms with van der Waals surface area (Å²) >= 11 is 0. The van der Waals surface area contributed by atoms with Gasteiger partial charge in [-0.3, -0.25) is 9.55 Å². The Kier molecular flexibility index (Phi) is 11.8. The molecule has 6 aromatic carbocycles. The minimum atomic E-state index is -0.327. The molecule has 2 heterocycles. The second kappa shape index (κ2) is 16.3. The molecule has 326 valence electrons. The van der Waals surface area contributed by atoms with Crippen LogP contribution in [0.1, 0.15) is 116 Å². The van der Waals surface area contributed by atoms with Gasteiger partial charge in [0.15, 0.2) is 0 Å². The molecule has 0 aliphatic carbocycles. The number of hydrogen-bond donors (Lipinski definition) is 1. The normalized spacial score (nSPS) is 12.5. The summed E-state index contributed by atoms with van der Waals surface area (Å²) in [5, 5.41) is 13.5. The Bertz CT molecular complexity index is 3020. The Morgan fingerprint density at radius 1 is 0.556 bits per heavy atom. The zero-order valence-corrected chi connectivity index (χ0v) is 41.7. The summed E-state index contributed by atoms with van der Waals surface area (Å²) in [7, 11) is 0. The third-order valence-electron chi connectivity index (χ3n) is 12.3. The third kappa shape index (κ3) is 8.66. The van der Waals surface area contributed by atoms with E-state index in [4.69, 9.17) is 15.0 Å². The van der Waals surface area contributed by atoms with Crippen LogP contribution >= 0.6 is 0 Å². The molecule has 5 nitrogen and oxygen atoms in total. The van der Waals surface area contributed by atoms with E-state index in [0.717, 1.165) is 77.8 Å². The number of imidazole rings is 1. The Morgan fingerprint density at radius 2 is 1.19 bits per heavy atom. The number of rotatable bonds is 5. The van der Waals surface area contributed by atoms with E-state index in [1.807, 2.05) is 0 Å². The molecule has 0 aliphatic rings. The molecule has 2 aromatic heterocycles. The van der Waals surface area contributed by atoms with Crippen molar-refractivity contribution in [1.29, 1.82) is 0 Å². The van der Waals surface area contributed by atoms with Crippen LogP contribution in [0.3, 0.4) is 0 Å². The van der Waals surface area contributed by atoms with Crippen LogP contribution in [0, 0.1) is 19.9 Å². The fraction of sp³-hybridized carbons (Fsp3) is 0.316. The van der Waals surface area contributed by atoms with Crippen molar-refractivity contribution in [3.63, 3.8) is 0 Å². The molecule has 0 saturated carbocycles. The number of benzene rings is 6. The summed E-state index contributed by atoms with van der Waals surface area (Å²) in [5.41, 5.74) is 16.2. The van der Waals surface area contributed by atoms with E-state index in [9.17, 15) is 5.11 Å². The quantitative estimate of drug-likeness (QED) is 0.175. The topological polar surface area (TPSA) is 63.8 Å². The summed E-state index contributed by atoms with van der Waals surface area (Å²) in [4.78, 5) is 15.3. The van der Waals surface area contributed by atoms with Gasteiger partial charge in [0.25, 0.3) is 0 Å². The van der Waals surface area contributed by atoms with Crippen LogP contribution in [-0.2, 0) is 42.7 Å². The molecule has 0 spiro atoms. The molecular formula is C57H61N4OPt-. The number of aryl methyl sites for hydroxylation is 2. The van der Waals surface area contributed by atoms with Gasteiger partial charge in [-0.1, -0.05) is 167 Å². The molecule has 8 aromatic rings. The van der Waals surface area contributed by atoms with Crippen LogP contribution in [0.5, 0.6) is 5.75 Å². The van der Waals surface area contributed by atoms with Gasteiger partial charge in [0.1, 0.15) is 17.9 Å². The van der Waals surface area contributed by atoms with Crippen molar-refractivity contribution in [3.8, 4) is 56.3 Å². The van der Waals surface area contributed by atoms with Crippen molar-refractivity contribution in [2.45, 2.75) is 119 Å². The fourth-order valence-electron chi connectivity index (χ4n) is 8.61. The van der Waals surface area contributed by atoms with Crippen LogP contribution in [0.2, 0.25) is 0 Å². The van der Waals surface area contributed by atoms with Gasteiger partial charge in [0, 0.05) is 37.9 Å². The molecule has 0 atom stereocenters. The standard InChI is InChI=1S/C57H61N4O.Pt/c1-34-25-35(2)49-44(26-34)50(59-33-58-49)38-27-37(28-40(29-38)55(6,7)8)42-21-18-22-48-51(42)60-53(45-31-41(56(9,10)11)32-46(52(45)62)57(12,13)14)61(48)47-24-23-39(54(3,4)5)30-43(47)36-19-16-15-17-20-36;/h15-26,28-33,62H,1-14H3;/q-1;. The summed E-state index contributed by atoms with van der Waals surface area (Å²) in [6, 6.07) is 40.9. The van der Waals surface area contributed by atoms with Crippen molar-refractivity contribution in [2.75, 3.05) is 0 Å². The third-order valence-corrected chi connectivity index (χ3v) is 12.3. The van der Waals surface area contributed by atoms with Gasteiger partial charge in [-0.15, -0.1) is 29.3 Å². The summed E-state index contributed by atoms with van der Waals surface area (Å²) in [5.74, 6) is 0.933. The van der Waals surface area contributed by atoms with E-state index >= 15 is 0 Å². The number of phenolic OH excluding ortho intramolecular Hbond substituents is 1. The van der Waals surface area contributed by atoms with Crippen molar-refractivity contribution < 1.29 is 26.2 Å². The van der Waals surface area contributed by atoms with Crippen LogP contribution < -0.4 is 0 Å². The van der Waals surface area contributed by atoms with Crippen LogP contribution in [0.4, 0.5) is 0 Å². The Hall–Kier alpha value is -5.38. The van der Waals surface area contributed by atoms with E-state index in [2.05, 4.69) is 211 Å². The zero-order valence-electron chi connectivity index (χ0n) is 39.4. The average Bonchev–Trinajstić information content (AvgIpc) is 3.58. The molecule has 0 aliphatic heterocycles. The fourth-order valence-corrected chi connectivity index (χ4v) is 8.61. The molecule has 6 heteroatoms. The van der Waals surface area contributed by atoms with Gasteiger partial charge in [-0.2, -0.15) is 0 Å². The molecule has 63 heavy (non-hydrogen) atoms. The SMILES string of the molecule is Cc1cc(C)c2ncnc(-c3[c-]c(-c4cccc5c4nc(-c4cc(C(C)(C)C)cc(C(C)(C)C)c4O)n5-c4ccc(C(C)(C)C)cc4-c4ccccc4)cc(C(C)(C)C)c3)c2c1.[Pt]. The largest absolute Gasteiger partial charge is 0.507 e. The van der Waals surface area contributed by atoms with Gasteiger partial charge < -0.3 is 5.11 Å². The van der Waals surface area contributed by atoms with E-state index in [0.29, 0.717) is 11.4 Å². The smallest absolute Gasteiger partial charge is 0.148 e. The Labute approximate surface area is 389 Å². The van der Waals surface area contributed by atoms with Gasteiger partial charge >= 0.3 is 0 Å². The van der Waals surface area contributed by atoms with Gasteiger partial charge in [0.2, 0.25) is 0 Å². The summed E-state index contributed by atoms with van der Waals surface area (Å²) in [6.45, 7) is 30.9. The van der Waals surface area contributed by atoms with Crippen molar-refractivity contribution in [3.05, 3.63) is 149 Å². The number of phenols is 1. The monoisotopic (exact) mass is 1010 g/mol. The van der Waals surface area contributed by atoms with Crippen LogP contribution in [0.15, 0.2) is 109 Å². The van der Waals surface area contributed by atoms with Crippen molar-refractivity contribution >= 4 is 21.9 Å². The molecular weight excluding hydrogens is 952 g/mol. The molecule has 8 rings (SSSR count). The van der Waals surface area contributed by atoms with E-state index in [1.54, 1.807) is 6.33 Å².